The Labute approximate surface area is 225 Å². The number of benzene rings is 2. The van der Waals surface area contributed by atoms with Gasteiger partial charge in [-0.05, 0) is 34.4 Å². The number of carbonyl (C=O) groups is 1. The molecule has 1 N–H and O–H groups in total. The van der Waals surface area contributed by atoms with E-state index in [-0.39, 0.29) is 23.2 Å². The van der Waals surface area contributed by atoms with Crippen LogP contribution in [-0.4, -0.2) is 46.5 Å². The largest absolute Gasteiger partial charge is 0.338 e. The lowest BCUT2D eigenvalue weighted by molar-refractivity contribution is 0.217. The molecule has 0 spiro atoms. The van der Waals surface area contributed by atoms with Crippen LogP contribution < -0.4 is 16.6 Å². The topological polar surface area (TPSA) is 76.3 Å². The zero-order valence-corrected chi connectivity index (χ0v) is 23.7. The summed E-state index contributed by atoms with van der Waals surface area (Å²) in [5.41, 5.74) is 0.676. The molecule has 37 heavy (non-hydrogen) atoms. The van der Waals surface area contributed by atoms with Crippen molar-refractivity contribution in [3.63, 3.8) is 0 Å². The number of urea groups is 1. The van der Waals surface area contributed by atoms with Crippen molar-refractivity contribution in [2.75, 3.05) is 26.4 Å². The summed E-state index contributed by atoms with van der Waals surface area (Å²) in [7, 11) is 5.00. The summed E-state index contributed by atoms with van der Waals surface area (Å²) in [6.45, 7) is 5.26. The fraction of sp³-hybridized carbons (Fsp3) is 0.393. The van der Waals surface area contributed by atoms with Crippen LogP contribution in [0.4, 0.5) is 4.79 Å². The standard InChI is InChI=1S/C28H34N4O3S2/c1-18(2)17-32-26-23(25(33)31(5)28(32)35)24(36-15-9-14-29-27(34)30(3)4)22(37-26)16-20-12-8-11-19-10-6-7-13-21(19)20/h6-8,10-13,18H,9,14-17H2,1-5H3,(H,29,34). The summed E-state index contributed by atoms with van der Waals surface area (Å²) in [5.74, 6) is 1.01. The Morgan fingerprint density at radius 3 is 2.57 bits per heavy atom. The summed E-state index contributed by atoms with van der Waals surface area (Å²) in [6, 6.07) is 14.5. The van der Waals surface area contributed by atoms with Crippen LogP contribution in [0.3, 0.4) is 0 Å². The highest BCUT2D eigenvalue weighted by molar-refractivity contribution is 7.99. The van der Waals surface area contributed by atoms with Crippen molar-refractivity contribution in [1.29, 1.82) is 0 Å². The van der Waals surface area contributed by atoms with Gasteiger partial charge in [0, 0.05) is 50.4 Å². The molecule has 0 atom stereocenters. The molecule has 4 rings (SSSR count). The number of carbonyl (C=O) groups excluding carboxylic acids is 1. The number of rotatable bonds is 9. The van der Waals surface area contributed by atoms with Gasteiger partial charge in [0.05, 0.1) is 5.39 Å². The third kappa shape index (κ3) is 5.78. The third-order valence-electron chi connectivity index (χ3n) is 6.22. The zero-order valence-electron chi connectivity index (χ0n) is 22.0. The highest BCUT2D eigenvalue weighted by Crippen LogP contribution is 2.38. The van der Waals surface area contributed by atoms with Gasteiger partial charge in [0.25, 0.3) is 5.56 Å². The summed E-state index contributed by atoms with van der Waals surface area (Å²) in [5, 5.41) is 5.90. The molecule has 2 aromatic carbocycles. The van der Waals surface area contributed by atoms with Gasteiger partial charge < -0.3 is 10.2 Å². The van der Waals surface area contributed by atoms with Crippen molar-refractivity contribution < 1.29 is 4.79 Å². The van der Waals surface area contributed by atoms with Crippen LogP contribution in [0.2, 0.25) is 0 Å². The smallest absolute Gasteiger partial charge is 0.331 e. The number of hydrogen-bond acceptors (Lipinski definition) is 5. The molecule has 0 unspecified atom stereocenters. The minimum atomic E-state index is -0.271. The molecule has 0 aliphatic carbocycles. The molecule has 0 bridgehead atoms. The second-order valence-corrected chi connectivity index (χ2v) is 12.0. The van der Waals surface area contributed by atoms with Crippen molar-refractivity contribution in [1.82, 2.24) is 19.4 Å². The number of nitrogens with one attached hydrogen (secondary N) is 1. The van der Waals surface area contributed by atoms with E-state index in [2.05, 4.69) is 49.5 Å². The summed E-state index contributed by atoms with van der Waals surface area (Å²) < 4.78 is 3.00. The van der Waals surface area contributed by atoms with Crippen LogP contribution >= 0.6 is 23.1 Å². The van der Waals surface area contributed by atoms with E-state index >= 15 is 0 Å². The second-order valence-electron chi connectivity index (χ2n) is 9.83. The third-order valence-corrected chi connectivity index (χ3v) is 8.80. The van der Waals surface area contributed by atoms with Gasteiger partial charge in [-0.2, -0.15) is 0 Å². The Morgan fingerprint density at radius 2 is 1.84 bits per heavy atom. The fourth-order valence-corrected chi connectivity index (χ4v) is 7.00. The molecule has 7 nitrogen and oxygen atoms in total. The number of amides is 2. The van der Waals surface area contributed by atoms with Crippen LogP contribution in [0, 0.1) is 5.92 Å². The van der Waals surface area contributed by atoms with Crippen LogP contribution in [0.1, 0.15) is 30.7 Å². The van der Waals surface area contributed by atoms with Crippen LogP contribution in [0.5, 0.6) is 0 Å². The normalized spacial score (nSPS) is 11.5. The van der Waals surface area contributed by atoms with Gasteiger partial charge in [0.15, 0.2) is 0 Å². The summed E-state index contributed by atoms with van der Waals surface area (Å²) >= 11 is 3.20. The number of thioether (sulfide) groups is 1. The molecule has 9 heteroatoms. The van der Waals surface area contributed by atoms with Crippen molar-refractivity contribution in [3.05, 3.63) is 73.7 Å². The second kappa shape index (κ2) is 11.6. The molecular formula is C28H34N4O3S2. The van der Waals surface area contributed by atoms with E-state index in [1.54, 1.807) is 48.8 Å². The minimum Gasteiger partial charge on any atom is -0.338 e. The van der Waals surface area contributed by atoms with Crippen molar-refractivity contribution in [3.8, 4) is 0 Å². The predicted octanol–water partition coefficient (Wildman–Crippen LogP) is 4.92. The first-order chi connectivity index (χ1) is 17.7. The molecule has 4 aromatic rings. The maximum absolute atomic E-state index is 13.4. The molecule has 2 amide bonds. The quantitative estimate of drug-likeness (QED) is 0.243. The lowest BCUT2D eigenvalue weighted by Gasteiger charge is -2.12. The average Bonchev–Trinajstić information content (AvgIpc) is 3.22. The van der Waals surface area contributed by atoms with Crippen LogP contribution in [0.25, 0.3) is 21.0 Å². The van der Waals surface area contributed by atoms with Gasteiger partial charge in [-0.3, -0.25) is 13.9 Å². The monoisotopic (exact) mass is 538 g/mol. The molecule has 0 aliphatic heterocycles. The molecule has 0 aliphatic rings. The first kappa shape index (κ1) is 27.0. The summed E-state index contributed by atoms with van der Waals surface area (Å²) in [6.07, 6.45) is 1.45. The minimum absolute atomic E-state index is 0.116. The molecule has 0 saturated carbocycles. The number of fused-ring (bicyclic) bond motifs is 2. The number of thiophene rings is 1. The van der Waals surface area contributed by atoms with Crippen molar-refractivity contribution in [2.45, 2.75) is 38.1 Å². The Hall–Kier alpha value is -3.04. The van der Waals surface area contributed by atoms with E-state index in [0.29, 0.717) is 24.9 Å². The van der Waals surface area contributed by atoms with Gasteiger partial charge in [-0.25, -0.2) is 9.59 Å². The number of hydrogen-bond donors (Lipinski definition) is 1. The van der Waals surface area contributed by atoms with E-state index in [0.717, 1.165) is 26.8 Å². The Balaban J connectivity index is 1.77. The van der Waals surface area contributed by atoms with Crippen LogP contribution in [-0.2, 0) is 20.0 Å². The Kier molecular flexibility index (Phi) is 8.44. The maximum atomic E-state index is 13.4. The average molecular weight is 539 g/mol. The number of aromatic nitrogens is 2. The van der Waals surface area contributed by atoms with E-state index in [9.17, 15) is 14.4 Å². The molecular weight excluding hydrogens is 504 g/mol. The molecule has 2 heterocycles. The lowest BCUT2D eigenvalue weighted by atomic mass is 10.0. The molecule has 196 valence electrons. The SMILES string of the molecule is CC(C)Cn1c(=O)n(C)c(=O)c2c(SCCCNC(=O)N(C)C)c(Cc3cccc4ccccc34)sc21. The van der Waals surface area contributed by atoms with Gasteiger partial charge in [0.2, 0.25) is 0 Å². The zero-order chi connectivity index (χ0) is 26.7. The van der Waals surface area contributed by atoms with E-state index in [1.807, 2.05) is 12.1 Å². The highest BCUT2D eigenvalue weighted by atomic mass is 32.2. The fourth-order valence-electron chi connectivity index (χ4n) is 4.37. The molecule has 0 saturated heterocycles. The first-order valence-electron chi connectivity index (χ1n) is 12.5. The first-order valence-corrected chi connectivity index (χ1v) is 14.3. The molecule has 0 fully saturated rings. The number of nitrogens with zero attached hydrogens (tertiary/aromatic N) is 3. The van der Waals surface area contributed by atoms with Crippen LogP contribution in [0.15, 0.2) is 56.9 Å². The van der Waals surface area contributed by atoms with Crippen molar-refractivity contribution in [2.24, 2.45) is 13.0 Å². The lowest BCUT2D eigenvalue weighted by Crippen LogP contribution is -2.38. The Bertz CT molecular complexity index is 1540. The van der Waals surface area contributed by atoms with E-state index in [4.69, 9.17) is 0 Å². The van der Waals surface area contributed by atoms with Gasteiger partial charge in [0.1, 0.15) is 4.83 Å². The maximum Gasteiger partial charge on any atom is 0.331 e. The van der Waals surface area contributed by atoms with Gasteiger partial charge in [-0.15, -0.1) is 23.1 Å². The molecule has 2 aromatic heterocycles. The van der Waals surface area contributed by atoms with Gasteiger partial charge in [-0.1, -0.05) is 56.3 Å². The van der Waals surface area contributed by atoms with E-state index < -0.39 is 0 Å². The molecule has 0 radical (unpaired) electrons. The highest BCUT2D eigenvalue weighted by Gasteiger charge is 2.22. The van der Waals surface area contributed by atoms with Gasteiger partial charge >= 0.3 is 11.7 Å². The van der Waals surface area contributed by atoms with E-state index in [1.165, 1.54) is 25.8 Å². The van der Waals surface area contributed by atoms with Crippen molar-refractivity contribution >= 4 is 50.1 Å². The summed E-state index contributed by atoms with van der Waals surface area (Å²) in [4.78, 5) is 42.7. The predicted molar refractivity (Wildman–Crippen MR) is 155 cm³/mol. The Morgan fingerprint density at radius 1 is 1.11 bits per heavy atom.